The van der Waals surface area contributed by atoms with Crippen LogP contribution < -0.4 is 10.5 Å². The molecule has 5 rings (SSSR count). The van der Waals surface area contributed by atoms with E-state index >= 15 is 0 Å². The molecule has 2 fully saturated rings. The average molecular weight is 371 g/mol. The second-order valence-corrected chi connectivity index (χ2v) is 8.07. The van der Waals surface area contributed by atoms with E-state index in [9.17, 15) is 4.79 Å². The first-order valence-electron chi connectivity index (χ1n) is 9.27. The van der Waals surface area contributed by atoms with Crippen LogP contribution in [0.5, 0.6) is 0 Å². The Morgan fingerprint density at radius 1 is 1.31 bits per heavy atom. The van der Waals surface area contributed by atoms with Gasteiger partial charge in [0.15, 0.2) is 0 Å². The van der Waals surface area contributed by atoms with Crippen molar-refractivity contribution in [3.8, 4) is 0 Å². The number of aromatic nitrogens is 6. The predicted octanol–water partition coefficient (Wildman–Crippen LogP) is 2.02. The molecule has 1 saturated heterocycles. The van der Waals surface area contributed by atoms with Gasteiger partial charge in [0.1, 0.15) is 12.2 Å². The molecule has 0 aromatic carbocycles. The Hall–Kier alpha value is -2.29. The molecule has 0 spiro atoms. The van der Waals surface area contributed by atoms with Gasteiger partial charge in [0.25, 0.3) is 5.56 Å². The van der Waals surface area contributed by atoms with E-state index in [1.165, 1.54) is 28.7 Å². The minimum Gasteiger partial charge on any atom is -0.346 e. The van der Waals surface area contributed by atoms with E-state index in [2.05, 4.69) is 29.7 Å². The maximum Gasteiger partial charge on any atom is 0.275 e. The van der Waals surface area contributed by atoms with Gasteiger partial charge in [-0.05, 0) is 32.1 Å². The number of piperidine rings is 1. The third kappa shape index (κ3) is 2.70. The zero-order valence-electron chi connectivity index (χ0n) is 14.7. The van der Waals surface area contributed by atoms with Crippen LogP contribution in [0, 0.1) is 0 Å². The molecule has 0 bridgehead atoms. The van der Waals surface area contributed by atoms with Crippen molar-refractivity contribution in [3.63, 3.8) is 0 Å². The van der Waals surface area contributed by atoms with Crippen LogP contribution in [-0.4, -0.2) is 42.5 Å². The summed E-state index contributed by atoms with van der Waals surface area (Å²) < 4.78 is 3.68. The molecule has 9 heteroatoms. The molecule has 1 aliphatic carbocycles. The molecular weight excluding hydrogens is 350 g/mol. The van der Waals surface area contributed by atoms with E-state index in [1.54, 1.807) is 6.07 Å². The van der Waals surface area contributed by atoms with Crippen LogP contribution in [0.2, 0.25) is 0 Å². The maximum absolute atomic E-state index is 12.3. The van der Waals surface area contributed by atoms with Gasteiger partial charge in [-0.25, -0.2) is 4.98 Å². The van der Waals surface area contributed by atoms with Crippen molar-refractivity contribution >= 4 is 21.4 Å². The van der Waals surface area contributed by atoms with Gasteiger partial charge in [0, 0.05) is 36.8 Å². The third-order valence-electron chi connectivity index (χ3n) is 5.25. The van der Waals surface area contributed by atoms with E-state index in [1.807, 2.05) is 13.3 Å². The lowest BCUT2D eigenvalue weighted by Crippen LogP contribution is -2.35. The number of rotatable bonds is 4. The van der Waals surface area contributed by atoms with Crippen LogP contribution in [-0.2, 0) is 6.42 Å². The van der Waals surface area contributed by atoms with Crippen LogP contribution in [0.4, 0.5) is 5.13 Å². The predicted molar refractivity (Wildman–Crippen MR) is 99.0 cm³/mol. The highest BCUT2D eigenvalue weighted by Crippen LogP contribution is 2.38. The van der Waals surface area contributed by atoms with Gasteiger partial charge in [-0.15, -0.1) is 15.3 Å². The molecule has 0 amide bonds. The van der Waals surface area contributed by atoms with Crippen LogP contribution in [0.25, 0.3) is 4.96 Å². The summed E-state index contributed by atoms with van der Waals surface area (Å²) in [5.41, 5.74) is 0.718. The molecule has 4 heterocycles. The molecule has 1 aliphatic heterocycles. The largest absolute Gasteiger partial charge is 0.346 e. The van der Waals surface area contributed by atoms with E-state index in [0.717, 1.165) is 49.0 Å². The highest BCUT2D eigenvalue weighted by molar-refractivity contribution is 7.20. The molecule has 8 nitrogen and oxygen atoms in total. The Morgan fingerprint density at radius 3 is 3.00 bits per heavy atom. The van der Waals surface area contributed by atoms with Gasteiger partial charge in [0.2, 0.25) is 10.1 Å². The normalized spacial score (nSPS) is 20.8. The monoisotopic (exact) mass is 371 g/mol. The maximum atomic E-state index is 12.3. The topological polar surface area (TPSA) is 81.2 Å². The summed E-state index contributed by atoms with van der Waals surface area (Å²) in [7, 11) is 0. The Kier molecular flexibility index (Phi) is 3.77. The zero-order chi connectivity index (χ0) is 17.7. The van der Waals surface area contributed by atoms with Gasteiger partial charge >= 0.3 is 0 Å². The number of hydrogen-bond acceptors (Lipinski definition) is 7. The van der Waals surface area contributed by atoms with Gasteiger partial charge < -0.3 is 9.47 Å². The minimum atomic E-state index is -0.101. The SMILES string of the molecule is CCc1cc(=O)n2nc(N3CCCC(c4nncn4C4CC4)C3)sc2n1. The molecule has 26 heavy (non-hydrogen) atoms. The lowest BCUT2D eigenvalue weighted by atomic mass is 9.97. The zero-order valence-corrected chi connectivity index (χ0v) is 15.5. The van der Waals surface area contributed by atoms with Crippen molar-refractivity contribution in [1.29, 1.82) is 0 Å². The highest BCUT2D eigenvalue weighted by Gasteiger charge is 2.32. The van der Waals surface area contributed by atoms with Gasteiger partial charge in [-0.3, -0.25) is 4.79 Å². The Bertz CT molecular complexity index is 1000. The van der Waals surface area contributed by atoms with E-state index < -0.39 is 0 Å². The van der Waals surface area contributed by atoms with Gasteiger partial charge in [-0.1, -0.05) is 18.3 Å². The molecule has 0 N–H and O–H groups in total. The number of hydrogen-bond donors (Lipinski definition) is 0. The molecule has 1 atom stereocenters. The van der Waals surface area contributed by atoms with E-state index in [4.69, 9.17) is 0 Å². The number of aryl methyl sites for hydroxylation is 1. The molecule has 1 saturated carbocycles. The minimum absolute atomic E-state index is 0.101. The fraction of sp³-hybridized carbons (Fsp3) is 0.588. The molecule has 136 valence electrons. The quantitative estimate of drug-likeness (QED) is 0.698. The summed E-state index contributed by atoms with van der Waals surface area (Å²) in [6, 6.07) is 2.17. The van der Waals surface area contributed by atoms with Crippen LogP contribution in [0.3, 0.4) is 0 Å². The number of nitrogens with zero attached hydrogens (tertiary/aromatic N) is 7. The van der Waals surface area contributed by atoms with Crippen molar-refractivity contribution in [1.82, 2.24) is 29.4 Å². The van der Waals surface area contributed by atoms with Crippen molar-refractivity contribution < 1.29 is 0 Å². The molecule has 1 unspecified atom stereocenters. The van der Waals surface area contributed by atoms with Gasteiger partial charge in [0.05, 0.1) is 0 Å². The summed E-state index contributed by atoms with van der Waals surface area (Å²) in [5, 5.41) is 14.0. The first kappa shape index (κ1) is 15.9. The fourth-order valence-electron chi connectivity index (χ4n) is 3.69. The van der Waals surface area contributed by atoms with Crippen LogP contribution >= 0.6 is 11.3 Å². The smallest absolute Gasteiger partial charge is 0.275 e. The molecule has 3 aromatic heterocycles. The van der Waals surface area contributed by atoms with E-state index in [-0.39, 0.29) is 5.56 Å². The Balaban J connectivity index is 1.44. The van der Waals surface area contributed by atoms with Crippen LogP contribution in [0.15, 0.2) is 17.2 Å². The van der Waals surface area contributed by atoms with Crippen molar-refractivity contribution in [2.75, 3.05) is 18.0 Å². The standard InChI is InChI=1S/C17H21N7OS/c1-2-12-8-14(25)24-16(19-12)26-17(21-24)22-7-3-4-11(9-22)15-20-18-10-23(15)13-5-6-13/h8,10-11,13H,2-7,9H2,1H3. The van der Waals surface area contributed by atoms with Gasteiger partial charge in [-0.2, -0.15) is 4.52 Å². The summed E-state index contributed by atoms with van der Waals surface area (Å²) in [5.74, 6) is 1.46. The third-order valence-corrected chi connectivity index (χ3v) is 6.22. The molecule has 2 aliphatic rings. The number of anilines is 1. The van der Waals surface area contributed by atoms with Crippen molar-refractivity contribution in [2.24, 2.45) is 0 Å². The summed E-state index contributed by atoms with van der Waals surface area (Å²) in [6.45, 7) is 3.81. The summed E-state index contributed by atoms with van der Waals surface area (Å²) >= 11 is 1.49. The fourth-order valence-corrected chi connectivity index (χ4v) is 4.66. The first-order valence-corrected chi connectivity index (χ1v) is 10.1. The lowest BCUT2D eigenvalue weighted by Gasteiger charge is -2.31. The van der Waals surface area contributed by atoms with E-state index in [0.29, 0.717) is 16.9 Å². The molecular formula is C17H21N7OS. The Labute approximate surface area is 154 Å². The van der Waals surface area contributed by atoms with Crippen molar-refractivity contribution in [2.45, 2.75) is 51.0 Å². The van der Waals surface area contributed by atoms with Crippen LogP contribution in [0.1, 0.15) is 56.1 Å². The number of fused-ring (bicyclic) bond motifs is 1. The average Bonchev–Trinajstić information content (AvgIpc) is 3.22. The molecule has 3 aromatic rings. The Morgan fingerprint density at radius 2 is 2.19 bits per heavy atom. The molecule has 0 radical (unpaired) electrons. The summed E-state index contributed by atoms with van der Waals surface area (Å²) in [6.07, 6.45) is 7.29. The first-order chi connectivity index (χ1) is 12.7. The second-order valence-electron chi connectivity index (χ2n) is 7.13. The highest BCUT2D eigenvalue weighted by atomic mass is 32.1. The second kappa shape index (κ2) is 6.15. The van der Waals surface area contributed by atoms with Crippen molar-refractivity contribution in [3.05, 3.63) is 34.3 Å². The summed E-state index contributed by atoms with van der Waals surface area (Å²) in [4.78, 5) is 19.8. The lowest BCUT2D eigenvalue weighted by molar-refractivity contribution is 0.470.